The summed E-state index contributed by atoms with van der Waals surface area (Å²) in [5.41, 5.74) is 3.77. The quantitative estimate of drug-likeness (QED) is 0.145. The average Bonchev–Trinajstić information content (AvgIpc) is 2.94. The van der Waals surface area contributed by atoms with Crippen LogP contribution >= 0.6 is 0 Å². The Morgan fingerprint density at radius 1 is 0.622 bits per heavy atom. The molecule has 0 amide bonds. The Bertz CT molecular complexity index is 1040. The van der Waals surface area contributed by atoms with E-state index in [1.165, 1.54) is 32.1 Å². The fraction of sp³-hybridized carbons (Fsp3) is 0.424. The molecule has 0 radical (unpaired) electrons. The molecule has 3 rings (SSSR count). The number of carbonyl (C=O) groups excluding carboxylic acids is 1. The van der Waals surface area contributed by atoms with Crippen LogP contribution in [0.4, 0.5) is 0 Å². The van der Waals surface area contributed by atoms with E-state index in [0.29, 0.717) is 18.6 Å². The van der Waals surface area contributed by atoms with Gasteiger partial charge in [-0.25, -0.2) is 4.79 Å². The molecule has 0 spiro atoms. The Balaban J connectivity index is 1.53. The van der Waals surface area contributed by atoms with E-state index in [2.05, 4.69) is 38.1 Å². The molecule has 0 N–H and O–H groups in total. The highest BCUT2D eigenvalue weighted by Crippen LogP contribution is 2.28. The monoisotopic (exact) mass is 502 g/mol. The second-order valence-electron chi connectivity index (χ2n) is 9.44. The van der Waals surface area contributed by atoms with Gasteiger partial charge in [0, 0.05) is 0 Å². The van der Waals surface area contributed by atoms with Crippen molar-refractivity contribution in [1.29, 1.82) is 0 Å². The van der Waals surface area contributed by atoms with E-state index in [0.717, 1.165) is 47.6 Å². The number of esters is 1. The minimum Gasteiger partial charge on any atom is -0.494 e. The molecule has 0 saturated heterocycles. The van der Waals surface area contributed by atoms with Crippen molar-refractivity contribution in [3.05, 3.63) is 83.9 Å². The lowest BCUT2D eigenvalue weighted by Gasteiger charge is -2.17. The number of rotatable bonds is 16. The molecule has 0 aromatic heterocycles. The molecule has 4 heteroatoms. The van der Waals surface area contributed by atoms with Crippen LogP contribution in [0.3, 0.4) is 0 Å². The Morgan fingerprint density at radius 3 is 1.65 bits per heavy atom. The smallest absolute Gasteiger partial charge is 0.338 e. The normalized spacial score (nSPS) is 11.6. The van der Waals surface area contributed by atoms with Crippen molar-refractivity contribution in [2.45, 2.75) is 78.2 Å². The van der Waals surface area contributed by atoms with Crippen molar-refractivity contribution in [3.63, 3.8) is 0 Å². The summed E-state index contributed by atoms with van der Waals surface area (Å²) in [6.45, 7) is 7.88. The third-order valence-electron chi connectivity index (χ3n) is 6.46. The maximum absolute atomic E-state index is 12.8. The highest BCUT2D eigenvalue weighted by atomic mass is 16.5. The fourth-order valence-electron chi connectivity index (χ4n) is 4.17. The minimum absolute atomic E-state index is 0.296. The zero-order valence-electron chi connectivity index (χ0n) is 22.7. The van der Waals surface area contributed by atoms with Crippen LogP contribution in [0.5, 0.6) is 11.5 Å². The zero-order valence-corrected chi connectivity index (χ0v) is 22.7. The summed E-state index contributed by atoms with van der Waals surface area (Å²) in [6, 6.07) is 23.7. The van der Waals surface area contributed by atoms with E-state index < -0.39 is 0 Å². The molecule has 3 aromatic carbocycles. The Labute approximate surface area is 223 Å². The molecule has 0 aliphatic rings. The van der Waals surface area contributed by atoms with Gasteiger partial charge in [0.15, 0.2) is 0 Å². The van der Waals surface area contributed by atoms with Gasteiger partial charge in [-0.15, -0.1) is 0 Å². The van der Waals surface area contributed by atoms with Gasteiger partial charge in [-0.3, -0.25) is 0 Å². The third kappa shape index (κ3) is 9.27. The molecular formula is C33H42O4. The number of benzene rings is 3. The van der Waals surface area contributed by atoms with Crippen molar-refractivity contribution in [3.8, 4) is 22.6 Å². The molecule has 4 nitrogen and oxygen atoms in total. The average molecular weight is 503 g/mol. The summed E-state index contributed by atoms with van der Waals surface area (Å²) in [7, 11) is 0. The van der Waals surface area contributed by atoms with Crippen LogP contribution in [-0.4, -0.2) is 19.2 Å². The molecule has 0 heterocycles. The van der Waals surface area contributed by atoms with Gasteiger partial charge in [-0.05, 0) is 72.4 Å². The summed E-state index contributed by atoms with van der Waals surface area (Å²) >= 11 is 0. The molecule has 37 heavy (non-hydrogen) atoms. The molecule has 3 aromatic rings. The lowest BCUT2D eigenvalue weighted by atomic mass is 10.0. The number of hydrogen-bond donors (Lipinski definition) is 0. The first-order valence-corrected chi connectivity index (χ1v) is 13.9. The summed E-state index contributed by atoms with van der Waals surface area (Å²) in [4.78, 5) is 12.8. The predicted molar refractivity (Wildman–Crippen MR) is 151 cm³/mol. The molecule has 0 aliphatic carbocycles. The minimum atomic E-state index is -0.319. The van der Waals surface area contributed by atoms with Gasteiger partial charge < -0.3 is 14.2 Å². The molecule has 198 valence electrons. The van der Waals surface area contributed by atoms with Gasteiger partial charge in [-0.2, -0.15) is 0 Å². The fourth-order valence-corrected chi connectivity index (χ4v) is 4.17. The number of carbonyl (C=O) groups is 1. The predicted octanol–water partition coefficient (Wildman–Crippen LogP) is 9.19. The SMILES string of the molecule is CCCCCCOc1ccc(C(=O)OC(CC)c2ccc(-c3ccc(OCCCCC)cc3)cc2)cc1. The summed E-state index contributed by atoms with van der Waals surface area (Å²) in [5.74, 6) is 1.37. The first-order chi connectivity index (χ1) is 18.1. The van der Waals surface area contributed by atoms with Crippen molar-refractivity contribution in [2.75, 3.05) is 13.2 Å². The molecule has 1 atom stereocenters. The standard InChI is InChI=1S/C33H42O4/c1-4-7-9-11-25-36-31-22-18-29(19-23-31)33(34)37-32(6-3)28-14-12-26(13-15-28)27-16-20-30(21-17-27)35-24-10-8-5-2/h12-23,32H,4-11,24-25H2,1-3H3. The lowest BCUT2D eigenvalue weighted by Crippen LogP contribution is -2.11. The second kappa shape index (κ2) is 15.8. The Kier molecular flexibility index (Phi) is 12.1. The molecule has 0 aliphatic heterocycles. The van der Waals surface area contributed by atoms with E-state index in [4.69, 9.17) is 14.2 Å². The maximum Gasteiger partial charge on any atom is 0.338 e. The summed E-state index contributed by atoms with van der Waals surface area (Å²) in [5, 5.41) is 0. The van der Waals surface area contributed by atoms with Gasteiger partial charge >= 0.3 is 5.97 Å². The van der Waals surface area contributed by atoms with Gasteiger partial charge in [0.05, 0.1) is 18.8 Å². The Morgan fingerprint density at radius 2 is 1.11 bits per heavy atom. The van der Waals surface area contributed by atoms with Gasteiger partial charge in [0.25, 0.3) is 0 Å². The van der Waals surface area contributed by atoms with Crippen LogP contribution in [0.15, 0.2) is 72.8 Å². The number of unbranched alkanes of at least 4 members (excludes halogenated alkanes) is 5. The summed E-state index contributed by atoms with van der Waals surface area (Å²) in [6.07, 6.45) is 8.55. The maximum atomic E-state index is 12.8. The Hall–Kier alpha value is -3.27. The summed E-state index contributed by atoms with van der Waals surface area (Å²) < 4.78 is 17.5. The van der Waals surface area contributed by atoms with Crippen molar-refractivity contribution >= 4 is 5.97 Å². The first-order valence-electron chi connectivity index (χ1n) is 13.9. The topological polar surface area (TPSA) is 44.8 Å². The second-order valence-corrected chi connectivity index (χ2v) is 9.44. The third-order valence-corrected chi connectivity index (χ3v) is 6.46. The number of ether oxygens (including phenoxy) is 3. The van der Waals surface area contributed by atoms with Crippen LogP contribution in [0.1, 0.15) is 94.2 Å². The van der Waals surface area contributed by atoms with E-state index in [-0.39, 0.29) is 12.1 Å². The van der Waals surface area contributed by atoms with Crippen LogP contribution in [-0.2, 0) is 4.74 Å². The van der Waals surface area contributed by atoms with Gasteiger partial charge in [0.2, 0.25) is 0 Å². The van der Waals surface area contributed by atoms with Gasteiger partial charge in [0.1, 0.15) is 17.6 Å². The van der Waals surface area contributed by atoms with Crippen LogP contribution < -0.4 is 9.47 Å². The van der Waals surface area contributed by atoms with E-state index in [1.807, 2.05) is 43.3 Å². The molecule has 0 saturated carbocycles. The first kappa shape index (κ1) is 28.3. The highest BCUT2D eigenvalue weighted by Gasteiger charge is 2.17. The molecule has 0 bridgehead atoms. The van der Waals surface area contributed by atoms with Crippen molar-refractivity contribution in [2.24, 2.45) is 0 Å². The van der Waals surface area contributed by atoms with Crippen molar-refractivity contribution in [1.82, 2.24) is 0 Å². The zero-order chi connectivity index (χ0) is 26.3. The van der Waals surface area contributed by atoms with Crippen LogP contribution in [0.25, 0.3) is 11.1 Å². The van der Waals surface area contributed by atoms with Crippen molar-refractivity contribution < 1.29 is 19.0 Å². The van der Waals surface area contributed by atoms with Gasteiger partial charge in [-0.1, -0.05) is 89.3 Å². The lowest BCUT2D eigenvalue weighted by molar-refractivity contribution is 0.0288. The highest BCUT2D eigenvalue weighted by molar-refractivity contribution is 5.89. The van der Waals surface area contributed by atoms with Crippen LogP contribution in [0, 0.1) is 0 Å². The largest absolute Gasteiger partial charge is 0.494 e. The van der Waals surface area contributed by atoms with E-state index >= 15 is 0 Å². The number of hydrogen-bond acceptors (Lipinski definition) is 4. The molecular weight excluding hydrogens is 460 g/mol. The van der Waals surface area contributed by atoms with E-state index in [1.54, 1.807) is 12.1 Å². The molecule has 0 fully saturated rings. The van der Waals surface area contributed by atoms with E-state index in [9.17, 15) is 4.79 Å². The molecule has 1 unspecified atom stereocenters. The van der Waals surface area contributed by atoms with Crippen LogP contribution in [0.2, 0.25) is 0 Å².